The van der Waals surface area contributed by atoms with Gasteiger partial charge in [-0.1, -0.05) is 66.7 Å². The number of amides is 1. The summed E-state index contributed by atoms with van der Waals surface area (Å²) < 4.78 is 17.1. The normalized spacial score (nSPS) is 11.3. The van der Waals surface area contributed by atoms with Gasteiger partial charge in [0.2, 0.25) is 0 Å². The van der Waals surface area contributed by atoms with Crippen LogP contribution in [0, 0.1) is 0 Å². The van der Waals surface area contributed by atoms with Crippen LogP contribution in [0.1, 0.15) is 27.0 Å². The third-order valence-corrected chi connectivity index (χ3v) is 5.64. The molecule has 0 aliphatic carbocycles. The summed E-state index contributed by atoms with van der Waals surface area (Å²) in [7, 11) is 1.29. The van der Waals surface area contributed by atoms with Crippen molar-refractivity contribution in [2.75, 3.05) is 7.11 Å². The van der Waals surface area contributed by atoms with Gasteiger partial charge in [0.1, 0.15) is 19.3 Å². The molecule has 1 atom stereocenters. The first-order valence-electron chi connectivity index (χ1n) is 11.9. The first-order valence-corrected chi connectivity index (χ1v) is 11.9. The van der Waals surface area contributed by atoms with Gasteiger partial charge < -0.3 is 19.5 Å². The number of esters is 1. The molecule has 37 heavy (non-hydrogen) atoms. The van der Waals surface area contributed by atoms with Crippen LogP contribution < -0.4 is 14.8 Å². The average Bonchev–Trinajstić information content (AvgIpc) is 2.96. The fourth-order valence-electron chi connectivity index (χ4n) is 3.69. The average molecular weight is 497 g/mol. The second-order valence-electron chi connectivity index (χ2n) is 8.32. The van der Waals surface area contributed by atoms with Gasteiger partial charge in [0.05, 0.1) is 12.7 Å². The predicted octanol–water partition coefficient (Wildman–Crippen LogP) is 4.75. The van der Waals surface area contributed by atoms with E-state index in [2.05, 4.69) is 10.3 Å². The van der Waals surface area contributed by atoms with Gasteiger partial charge in [0, 0.05) is 18.8 Å². The zero-order valence-corrected chi connectivity index (χ0v) is 20.5. The van der Waals surface area contributed by atoms with E-state index in [-0.39, 0.29) is 6.42 Å². The first-order chi connectivity index (χ1) is 18.1. The van der Waals surface area contributed by atoms with Crippen molar-refractivity contribution >= 4 is 11.9 Å². The summed E-state index contributed by atoms with van der Waals surface area (Å²) in [5.41, 5.74) is 3.17. The molecule has 0 spiro atoms. The molecule has 3 aromatic carbocycles. The molecular weight excluding hydrogens is 468 g/mol. The summed E-state index contributed by atoms with van der Waals surface area (Å²) in [6.07, 6.45) is 3.23. The lowest BCUT2D eigenvalue weighted by Crippen LogP contribution is -2.43. The number of nitrogens with zero attached hydrogens (tertiary/aromatic N) is 1. The minimum absolute atomic E-state index is 0.208. The summed E-state index contributed by atoms with van der Waals surface area (Å²) in [6.45, 7) is 0.734. The quantitative estimate of drug-likeness (QED) is 0.302. The van der Waals surface area contributed by atoms with Gasteiger partial charge in [-0.15, -0.1) is 0 Å². The van der Waals surface area contributed by atoms with E-state index >= 15 is 0 Å². The van der Waals surface area contributed by atoms with Crippen molar-refractivity contribution in [2.24, 2.45) is 0 Å². The molecule has 4 aromatic rings. The number of ether oxygens (including phenoxy) is 3. The highest BCUT2D eigenvalue weighted by Crippen LogP contribution is 2.30. The Bertz CT molecular complexity index is 1300. The van der Waals surface area contributed by atoms with E-state index in [1.54, 1.807) is 18.3 Å². The minimum Gasteiger partial charge on any atom is -0.485 e. The smallest absolute Gasteiger partial charge is 0.328 e. The number of hydrogen-bond donors (Lipinski definition) is 1. The molecular formula is C30H28N2O5. The number of methoxy groups -OCH3 is 1. The van der Waals surface area contributed by atoms with Crippen molar-refractivity contribution < 1.29 is 23.8 Å². The van der Waals surface area contributed by atoms with Gasteiger partial charge in [-0.05, 0) is 41.0 Å². The van der Waals surface area contributed by atoms with E-state index in [0.29, 0.717) is 30.3 Å². The second-order valence-corrected chi connectivity index (χ2v) is 8.32. The van der Waals surface area contributed by atoms with Crippen LogP contribution in [0.2, 0.25) is 0 Å². The van der Waals surface area contributed by atoms with Crippen LogP contribution in [-0.4, -0.2) is 30.0 Å². The van der Waals surface area contributed by atoms with E-state index in [9.17, 15) is 9.59 Å². The number of pyridine rings is 1. The molecule has 0 unspecified atom stereocenters. The highest BCUT2D eigenvalue weighted by molar-refractivity contribution is 5.96. The zero-order chi connectivity index (χ0) is 25.9. The Labute approximate surface area is 216 Å². The Morgan fingerprint density at radius 1 is 0.784 bits per heavy atom. The summed E-state index contributed by atoms with van der Waals surface area (Å²) in [4.78, 5) is 29.1. The van der Waals surface area contributed by atoms with Crippen LogP contribution in [-0.2, 0) is 29.2 Å². The molecule has 0 saturated heterocycles. The minimum atomic E-state index is -0.893. The molecule has 1 aromatic heterocycles. The summed E-state index contributed by atoms with van der Waals surface area (Å²) in [5.74, 6) is 0.164. The van der Waals surface area contributed by atoms with E-state index in [0.717, 1.165) is 16.7 Å². The number of carbonyl (C=O) groups excluding carboxylic acids is 2. The van der Waals surface area contributed by atoms with Crippen LogP contribution >= 0.6 is 0 Å². The molecule has 1 heterocycles. The topological polar surface area (TPSA) is 86.8 Å². The van der Waals surface area contributed by atoms with Gasteiger partial charge in [-0.3, -0.25) is 9.78 Å². The van der Waals surface area contributed by atoms with Crippen LogP contribution in [0.15, 0.2) is 103 Å². The molecule has 0 radical (unpaired) electrons. The Morgan fingerprint density at radius 3 is 2.03 bits per heavy atom. The number of rotatable bonds is 11. The van der Waals surface area contributed by atoms with E-state index in [1.165, 1.54) is 13.3 Å². The van der Waals surface area contributed by atoms with Crippen LogP contribution in [0.5, 0.6) is 11.5 Å². The summed E-state index contributed by atoms with van der Waals surface area (Å²) >= 11 is 0. The molecule has 7 nitrogen and oxygen atoms in total. The number of aromatic nitrogens is 1. The number of carbonyl (C=O) groups is 2. The molecule has 0 saturated carbocycles. The largest absolute Gasteiger partial charge is 0.485 e. The Balaban J connectivity index is 1.53. The lowest BCUT2D eigenvalue weighted by Gasteiger charge is -2.18. The van der Waals surface area contributed by atoms with E-state index < -0.39 is 17.9 Å². The SMILES string of the molecule is COC(=O)[C@@H](Cc1ccc(OCc2ccccc2)c(OCc2ccccc2)c1)NC(=O)c1cccnc1. The molecule has 1 N–H and O–H groups in total. The summed E-state index contributed by atoms with van der Waals surface area (Å²) in [5, 5.41) is 2.75. The summed E-state index contributed by atoms with van der Waals surface area (Å²) in [6, 6.07) is 27.6. The van der Waals surface area contributed by atoms with Crippen LogP contribution in [0.3, 0.4) is 0 Å². The monoisotopic (exact) mass is 496 g/mol. The number of hydrogen-bond acceptors (Lipinski definition) is 6. The molecule has 188 valence electrons. The van der Waals surface area contributed by atoms with Crippen molar-refractivity contribution in [1.29, 1.82) is 0 Å². The standard InChI is InChI=1S/C30H28N2O5/c1-35-30(34)26(32-29(33)25-13-8-16-31-19-25)17-24-14-15-27(36-20-22-9-4-2-5-10-22)28(18-24)37-21-23-11-6-3-7-12-23/h2-16,18-19,26H,17,20-21H2,1H3,(H,32,33)/t26-/m1/s1. The van der Waals surface area contributed by atoms with Crippen molar-refractivity contribution in [3.8, 4) is 11.5 Å². The molecule has 0 aliphatic heterocycles. The zero-order valence-electron chi connectivity index (χ0n) is 20.5. The maximum Gasteiger partial charge on any atom is 0.328 e. The van der Waals surface area contributed by atoms with Gasteiger partial charge in [-0.2, -0.15) is 0 Å². The predicted molar refractivity (Wildman–Crippen MR) is 139 cm³/mol. The van der Waals surface area contributed by atoms with Gasteiger partial charge in [0.15, 0.2) is 11.5 Å². The van der Waals surface area contributed by atoms with Crippen LogP contribution in [0.4, 0.5) is 0 Å². The second kappa shape index (κ2) is 12.9. The molecule has 0 fully saturated rings. The van der Waals surface area contributed by atoms with Gasteiger partial charge in [-0.25, -0.2) is 4.79 Å². The Kier molecular flexibility index (Phi) is 8.86. The molecule has 4 rings (SSSR count). The Morgan fingerprint density at radius 2 is 1.43 bits per heavy atom. The first kappa shape index (κ1) is 25.4. The maximum absolute atomic E-state index is 12.7. The number of benzene rings is 3. The number of nitrogens with one attached hydrogen (secondary N) is 1. The fraction of sp³-hybridized carbons (Fsp3) is 0.167. The van der Waals surface area contributed by atoms with Gasteiger partial charge in [0.25, 0.3) is 5.91 Å². The van der Waals surface area contributed by atoms with Crippen LogP contribution in [0.25, 0.3) is 0 Å². The molecule has 7 heteroatoms. The van der Waals surface area contributed by atoms with Gasteiger partial charge >= 0.3 is 5.97 Å². The molecule has 0 aliphatic rings. The highest BCUT2D eigenvalue weighted by Gasteiger charge is 2.23. The molecule has 1 amide bonds. The van der Waals surface area contributed by atoms with Crippen molar-refractivity contribution in [2.45, 2.75) is 25.7 Å². The Hall–Kier alpha value is -4.65. The van der Waals surface area contributed by atoms with Crippen molar-refractivity contribution in [3.05, 3.63) is 126 Å². The van der Waals surface area contributed by atoms with E-state index in [1.807, 2.05) is 78.9 Å². The maximum atomic E-state index is 12.7. The third-order valence-electron chi connectivity index (χ3n) is 5.64. The van der Waals surface area contributed by atoms with Crippen molar-refractivity contribution in [3.63, 3.8) is 0 Å². The fourth-order valence-corrected chi connectivity index (χ4v) is 3.69. The highest BCUT2D eigenvalue weighted by atomic mass is 16.5. The third kappa shape index (κ3) is 7.41. The van der Waals surface area contributed by atoms with E-state index in [4.69, 9.17) is 14.2 Å². The lowest BCUT2D eigenvalue weighted by atomic mass is 10.0. The lowest BCUT2D eigenvalue weighted by molar-refractivity contribution is -0.142. The van der Waals surface area contributed by atoms with Crippen molar-refractivity contribution in [1.82, 2.24) is 10.3 Å². The molecule has 0 bridgehead atoms.